The number of aliphatic hydroxyl groups excluding tert-OH is 2. The van der Waals surface area contributed by atoms with Crippen molar-refractivity contribution in [2.75, 3.05) is 26.4 Å². The number of hydrogen-bond acceptors (Lipinski definition) is 8. The van der Waals surface area contributed by atoms with Crippen molar-refractivity contribution in [1.82, 2.24) is 0 Å². The van der Waals surface area contributed by atoms with Gasteiger partial charge >= 0.3 is 11.9 Å². The second-order valence-corrected chi connectivity index (χ2v) is 11.1. The highest BCUT2D eigenvalue weighted by atomic mass is 16.6. The van der Waals surface area contributed by atoms with Gasteiger partial charge in [-0.3, -0.25) is 0 Å². The van der Waals surface area contributed by atoms with Crippen LogP contribution in [0.2, 0.25) is 0 Å². The maximum Gasteiger partial charge on any atom is 0.333 e. The molecule has 0 fully saturated rings. The van der Waals surface area contributed by atoms with Crippen LogP contribution in [0.3, 0.4) is 0 Å². The number of carbonyl (C=O) groups is 2. The second-order valence-electron chi connectivity index (χ2n) is 11.1. The molecule has 0 saturated heterocycles. The lowest BCUT2D eigenvalue weighted by Crippen LogP contribution is -2.25. The molecule has 2 N–H and O–H groups in total. The van der Waals surface area contributed by atoms with E-state index in [0.29, 0.717) is 17.9 Å². The number of carbonyl (C=O) groups excluding carboxylic acids is 2. The number of aliphatic hydroxyl groups is 2. The molecule has 0 aromatic heterocycles. The summed E-state index contributed by atoms with van der Waals surface area (Å²) in [6.07, 6.45) is 14.1. The number of hydrogen-bond donors (Lipinski definition) is 2. The van der Waals surface area contributed by atoms with Crippen molar-refractivity contribution < 1.29 is 38.7 Å². The van der Waals surface area contributed by atoms with Crippen molar-refractivity contribution in [3.05, 3.63) is 106 Å². The Labute approximate surface area is 279 Å². The van der Waals surface area contributed by atoms with Crippen molar-refractivity contribution in [1.29, 1.82) is 0 Å². The molecule has 47 heavy (non-hydrogen) atoms. The van der Waals surface area contributed by atoms with E-state index in [4.69, 9.17) is 18.9 Å². The fourth-order valence-electron chi connectivity index (χ4n) is 4.51. The van der Waals surface area contributed by atoms with Crippen LogP contribution >= 0.6 is 0 Å². The minimum Gasteiger partial charge on any atom is -0.489 e. The number of rotatable bonds is 18. The van der Waals surface area contributed by atoms with Gasteiger partial charge in [-0.05, 0) is 83.4 Å². The van der Waals surface area contributed by atoms with Crippen molar-refractivity contribution >= 4 is 36.2 Å². The second kappa shape index (κ2) is 19.8. The molecule has 0 aliphatic heterocycles. The highest BCUT2D eigenvalue weighted by Gasteiger charge is 2.17. The van der Waals surface area contributed by atoms with E-state index in [1.807, 2.05) is 101 Å². The van der Waals surface area contributed by atoms with Crippen LogP contribution in [0.15, 0.2) is 72.9 Å². The van der Waals surface area contributed by atoms with Crippen LogP contribution in [0.4, 0.5) is 0 Å². The highest BCUT2D eigenvalue weighted by Crippen LogP contribution is 2.33. The van der Waals surface area contributed by atoms with Gasteiger partial charge in [0.25, 0.3) is 0 Å². The summed E-state index contributed by atoms with van der Waals surface area (Å²) in [6.45, 7) is 17.3. The third-order valence-corrected chi connectivity index (χ3v) is 6.56. The zero-order valence-electron chi connectivity index (χ0n) is 28.4. The molecule has 0 saturated carbocycles. The fourth-order valence-corrected chi connectivity index (χ4v) is 4.51. The molecule has 8 nitrogen and oxygen atoms in total. The standard InChI is InChI=1S/C39H48O8/c1-9-13-30-18-28(19-31(14-10-2)36(30)44-22-34(40)24-46-38(42)26(5)6)17-29-20-32(15-11-3)37(33(21-29)16-12-4)45-23-35(41)25-47-39(43)27(7)8/h9-16,18-21,34-35,40-41H,5,7,17,22-25H2,1-4,6,8H3/b13-9-,14-10-,15-11-,16-12-. The molecule has 8 heteroatoms. The Hall–Kier alpha value is -4.66. The van der Waals surface area contributed by atoms with E-state index in [0.717, 1.165) is 33.4 Å². The van der Waals surface area contributed by atoms with Crippen molar-refractivity contribution in [2.24, 2.45) is 0 Å². The number of esters is 2. The topological polar surface area (TPSA) is 112 Å². The summed E-state index contributed by atoms with van der Waals surface area (Å²) < 4.78 is 22.3. The normalized spacial score (nSPS) is 12.9. The Morgan fingerprint density at radius 1 is 0.617 bits per heavy atom. The van der Waals surface area contributed by atoms with Crippen LogP contribution in [-0.4, -0.2) is 60.8 Å². The summed E-state index contributed by atoms with van der Waals surface area (Å²) in [5, 5.41) is 20.8. The molecule has 2 unspecified atom stereocenters. The summed E-state index contributed by atoms with van der Waals surface area (Å²) in [5.41, 5.74) is 5.96. The third kappa shape index (κ3) is 12.6. The van der Waals surface area contributed by atoms with Gasteiger partial charge in [0.2, 0.25) is 0 Å². The maximum absolute atomic E-state index is 11.7. The molecule has 0 amide bonds. The molecule has 0 spiro atoms. The van der Waals surface area contributed by atoms with Gasteiger partial charge in [0.15, 0.2) is 0 Å². The quantitative estimate of drug-likeness (QED) is 0.130. The summed E-state index contributed by atoms with van der Waals surface area (Å²) in [7, 11) is 0. The molecule has 252 valence electrons. The predicted molar refractivity (Wildman–Crippen MR) is 189 cm³/mol. The smallest absolute Gasteiger partial charge is 0.333 e. The molecule has 2 atom stereocenters. The molecular formula is C39H48O8. The Bertz CT molecular complexity index is 1350. The molecule has 0 heterocycles. The van der Waals surface area contributed by atoms with Crippen LogP contribution in [0, 0.1) is 0 Å². The van der Waals surface area contributed by atoms with Gasteiger partial charge in [-0.1, -0.05) is 61.8 Å². The van der Waals surface area contributed by atoms with Gasteiger partial charge < -0.3 is 29.2 Å². The summed E-state index contributed by atoms with van der Waals surface area (Å²) in [5.74, 6) is 0.0875. The summed E-state index contributed by atoms with van der Waals surface area (Å²) in [4.78, 5) is 23.4. The van der Waals surface area contributed by atoms with E-state index in [1.54, 1.807) is 13.8 Å². The summed E-state index contributed by atoms with van der Waals surface area (Å²) in [6, 6.07) is 8.20. The first-order chi connectivity index (χ1) is 22.4. The number of benzene rings is 2. The molecule has 0 bridgehead atoms. The van der Waals surface area contributed by atoms with Crippen LogP contribution in [0.1, 0.15) is 74.9 Å². The Kier molecular flexibility index (Phi) is 16.2. The average molecular weight is 645 g/mol. The fraction of sp³-hybridized carbons (Fsp3) is 0.333. The van der Waals surface area contributed by atoms with Gasteiger partial charge in [-0.2, -0.15) is 0 Å². The van der Waals surface area contributed by atoms with Gasteiger partial charge in [0.1, 0.15) is 50.1 Å². The third-order valence-electron chi connectivity index (χ3n) is 6.56. The zero-order valence-corrected chi connectivity index (χ0v) is 28.4. The molecule has 2 aromatic rings. The van der Waals surface area contributed by atoms with Gasteiger partial charge in [0, 0.05) is 33.4 Å². The molecule has 2 rings (SSSR count). The van der Waals surface area contributed by atoms with Crippen LogP contribution in [0.25, 0.3) is 24.3 Å². The van der Waals surface area contributed by atoms with E-state index in [1.165, 1.54) is 0 Å². The lowest BCUT2D eigenvalue weighted by atomic mass is 9.95. The van der Waals surface area contributed by atoms with E-state index in [9.17, 15) is 19.8 Å². The van der Waals surface area contributed by atoms with E-state index < -0.39 is 24.1 Å². The molecular weight excluding hydrogens is 596 g/mol. The van der Waals surface area contributed by atoms with E-state index >= 15 is 0 Å². The summed E-state index contributed by atoms with van der Waals surface area (Å²) >= 11 is 0. The number of allylic oxidation sites excluding steroid dienone is 4. The average Bonchev–Trinajstić information content (AvgIpc) is 3.02. The zero-order chi connectivity index (χ0) is 34.9. The minimum absolute atomic E-state index is 0.0656. The van der Waals surface area contributed by atoms with Crippen molar-refractivity contribution in [3.8, 4) is 11.5 Å². The van der Waals surface area contributed by atoms with Gasteiger partial charge in [-0.15, -0.1) is 0 Å². The Morgan fingerprint density at radius 2 is 0.915 bits per heavy atom. The van der Waals surface area contributed by atoms with Crippen LogP contribution in [-0.2, 0) is 25.5 Å². The lowest BCUT2D eigenvalue weighted by Gasteiger charge is -2.19. The van der Waals surface area contributed by atoms with Crippen LogP contribution in [0.5, 0.6) is 11.5 Å². The molecule has 0 aliphatic carbocycles. The largest absolute Gasteiger partial charge is 0.489 e. The van der Waals surface area contributed by atoms with Gasteiger partial charge in [0.05, 0.1) is 0 Å². The molecule has 0 radical (unpaired) electrons. The molecule has 2 aromatic carbocycles. The first kappa shape index (κ1) is 38.5. The minimum atomic E-state index is -1.02. The Balaban J connectivity index is 2.39. The highest BCUT2D eigenvalue weighted by molar-refractivity contribution is 5.87. The van der Waals surface area contributed by atoms with E-state index in [-0.39, 0.29) is 37.6 Å². The molecule has 0 aliphatic rings. The maximum atomic E-state index is 11.7. The lowest BCUT2D eigenvalue weighted by molar-refractivity contribution is -0.143. The predicted octanol–water partition coefficient (Wildman–Crippen LogP) is 7.13. The first-order valence-electron chi connectivity index (χ1n) is 15.5. The first-order valence-corrected chi connectivity index (χ1v) is 15.5. The number of ether oxygens (including phenoxy) is 4. The van der Waals surface area contributed by atoms with Crippen molar-refractivity contribution in [3.63, 3.8) is 0 Å². The van der Waals surface area contributed by atoms with E-state index in [2.05, 4.69) is 13.2 Å². The Morgan fingerprint density at radius 3 is 1.17 bits per heavy atom. The van der Waals surface area contributed by atoms with Crippen molar-refractivity contribution in [2.45, 2.75) is 60.2 Å². The monoisotopic (exact) mass is 644 g/mol. The SMILES string of the molecule is C=C(C)C(=O)OCC(O)COc1c(/C=C\C)cc(Cc2cc(/C=C\C)c(OCC(O)COC(=O)C(=C)C)c(/C=C\C)c2)cc1/C=C\C. The van der Waals surface area contributed by atoms with Crippen LogP contribution < -0.4 is 9.47 Å². The van der Waals surface area contributed by atoms with Gasteiger partial charge in [-0.25, -0.2) is 9.59 Å².